The van der Waals surface area contributed by atoms with Crippen LogP contribution in [0.1, 0.15) is 24.0 Å². The van der Waals surface area contributed by atoms with Crippen LogP contribution in [0, 0.1) is 5.92 Å². The summed E-state index contributed by atoms with van der Waals surface area (Å²) in [5, 5.41) is 0. The van der Waals surface area contributed by atoms with E-state index in [1.165, 1.54) is 65.7 Å². The van der Waals surface area contributed by atoms with Gasteiger partial charge in [-0.1, -0.05) is 84.9 Å². The molecule has 1 aromatic heterocycles. The summed E-state index contributed by atoms with van der Waals surface area (Å²) in [5.74, 6) is 0.807. The van der Waals surface area contributed by atoms with Gasteiger partial charge in [0.25, 0.3) is 0 Å². The SMILES string of the molecule is c1ccc(CC2CCN(Cc3cncc(-c4ccc(-c5ccccc5)cc4)c3)CC2)cc1. The molecule has 5 rings (SSSR count). The highest BCUT2D eigenvalue weighted by Crippen LogP contribution is 2.26. The van der Waals surface area contributed by atoms with Gasteiger partial charge in [-0.15, -0.1) is 0 Å². The predicted molar refractivity (Wildman–Crippen MR) is 133 cm³/mol. The van der Waals surface area contributed by atoms with Gasteiger partial charge in [0.15, 0.2) is 0 Å². The second kappa shape index (κ2) is 9.93. The minimum absolute atomic E-state index is 0.807. The van der Waals surface area contributed by atoms with E-state index in [2.05, 4.69) is 101 Å². The van der Waals surface area contributed by atoms with E-state index in [-0.39, 0.29) is 0 Å². The number of piperidine rings is 1. The van der Waals surface area contributed by atoms with Crippen LogP contribution in [0.3, 0.4) is 0 Å². The van der Waals surface area contributed by atoms with Crippen molar-refractivity contribution in [2.45, 2.75) is 25.8 Å². The number of hydrogen-bond donors (Lipinski definition) is 0. The highest BCUT2D eigenvalue weighted by molar-refractivity contribution is 5.70. The maximum absolute atomic E-state index is 4.55. The van der Waals surface area contributed by atoms with Crippen molar-refractivity contribution in [3.05, 3.63) is 115 Å². The van der Waals surface area contributed by atoms with Crippen molar-refractivity contribution in [1.82, 2.24) is 9.88 Å². The van der Waals surface area contributed by atoms with Crippen LogP contribution in [-0.4, -0.2) is 23.0 Å². The summed E-state index contributed by atoms with van der Waals surface area (Å²) < 4.78 is 0. The molecule has 2 heterocycles. The van der Waals surface area contributed by atoms with Crippen molar-refractivity contribution in [2.75, 3.05) is 13.1 Å². The first-order valence-corrected chi connectivity index (χ1v) is 11.7. The van der Waals surface area contributed by atoms with Crippen LogP contribution < -0.4 is 0 Å². The molecule has 2 heteroatoms. The Morgan fingerprint density at radius 2 is 1.22 bits per heavy atom. The molecular formula is C30H30N2. The molecule has 0 saturated carbocycles. The van der Waals surface area contributed by atoms with Gasteiger partial charge < -0.3 is 0 Å². The molecule has 0 spiro atoms. The van der Waals surface area contributed by atoms with E-state index in [9.17, 15) is 0 Å². The first kappa shape index (κ1) is 20.7. The van der Waals surface area contributed by atoms with E-state index in [0.29, 0.717) is 0 Å². The van der Waals surface area contributed by atoms with Gasteiger partial charge in [-0.25, -0.2) is 0 Å². The Labute approximate surface area is 191 Å². The number of rotatable bonds is 6. The van der Waals surface area contributed by atoms with Crippen molar-refractivity contribution in [3.8, 4) is 22.3 Å². The van der Waals surface area contributed by atoms with Gasteiger partial charge in [0.2, 0.25) is 0 Å². The summed E-state index contributed by atoms with van der Waals surface area (Å²) in [7, 11) is 0. The molecule has 0 aliphatic carbocycles. The van der Waals surface area contributed by atoms with Crippen LogP contribution in [0.5, 0.6) is 0 Å². The molecule has 0 radical (unpaired) electrons. The average molecular weight is 419 g/mol. The first-order chi connectivity index (χ1) is 15.8. The number of pyridine rings is 1. The zero-order valence-corrected chi connectivity index (χ0v) is 18.5. The van der Waals surface area contributed by atoms with Crippen LogP contribution in [0.4, 0.5) is 0 Å². The number of benzene rings is 3. The van der Waals surface area contributed by atoms with Crippen molar-refractivity contribution in [2.24, 2.45) is 5.92 Å². The molecule has 1 aliphatic rings. The van der Waals surface area contributed by atoms with E-state index in [0.717, 1.165) is 12.5 Å². The van der Waals surface area contributed by atoms with E-state index in [1.54, 1.807) is 0 Å². The minimum Gasteiger partial charge on any atom is -0.299 e. The fourth-order valence-electron chi connectivity index (χ4n) is 4.77. The molecule has 0 amide bonds. The fraction of sp³-hybridized carbons (Fsp3) is 0.233. The van der Waals surface area contributed by atoms with Crippen molar-refractivity contribution >= 4 is 0 Å². The molecule has 0 atom stereocenters. The van der Waals surface area contributed by atoms with Gasteiger partial charge in [0, 0.05) is 24.5 Å². The maximum atomic E-state index is 4.55. The van der Waals surface area contributed by atoms with Gasteiger partial charge in [-0.2, -0.15) is 0 Å². The molecule has 0 bridgehead atoms. The summed E-state index contributed by atoms with van der Waals surface area (Å²) in [6.45, 7) is 3.34. The lowest BCUT2D eigenvalue weighted by molar-refractivity contribution is 0.177. The minimum atomic E-state index is 0.807. The van der Waals surface area contributed by atoms with Crippen molar-refractivity contribution < 1.29 is 0 Å². The van der Waals surface area contributed by atoms with Gasteiger partial charge >= 0.3 is 0 Å². The lowest BCUT2D eigenvalue weighted by Gasteiger charge is -2.32. The molecule has 1 fully saturated rings. The fourth-order valence-corrected chi connectivity index (χ4v) is 4.77. The van der Waals surface area contributed by atoms with E-state index >= 15 is 0 Å². The average Bonchev–Trinajstić information content (AvgIpc) is 2.87. The highest BCUT2D eigenvalue weighted by atomic mass is 15.1. The van der Waals surface area contributed by atoms with Crippen molar-refractivity contribution in [1.29, 1.82) is 0 Å². The molecular weight excluding hydrogens is 388 g/mol. The number of nitrogens with zero attached hydrogens (tertiary/aromatic N) is 2. The third-order valence-electron chi connectivity index (χ3n) is 6.60. The maximum Gasteiger partial charge on any atom is 0.0346 e. The number of likely N-dealkylation sites (tertiary alicyclic amines) is 1. The normalized spacial score (nSPS) is 15.0. The Bertz CT molecular complexity index is 1110. The molecule has 0 unspecified atom stereocenters. The van der Waals surface area contributed by atoms with Crippen LogP contribution in [0.25, 0.3) is 22.3 Å². The monoisotopic (exact) mass is 418 g/mol. The topological polar surface area (TPSA) is 16.1 Å². The molecule has 4 aromatic rings. The number of aromatic nitrogens is 1. The Morgan fingerprint density at radius 1 is 0.625 bits per heavy atom. The van der Waals surface area contributed by atoms with E-state index in [4.69, 9.17) is 0 Å². The zero-order valence-electron chi connectivity index (χ0n) is 18.5. The second-order valence-corrected chi connectivity index (χ2v) is 8.93. The highest BCUT2D eigenvalue weighted by Gasteiger charge is 2.19. The molecule has 2 nitrogen and oxygen atoms in total. The first-order valence-electron chi connectivity index (χ1n) is 11.7. The number of hydrogen-bond acceptors (Lipinski definition) is 2. The van der Waals surface area contributed by atoms with Crippen LogP contribution >= 0.6 is 0 Å². The van der Waals surface area contributed by atoms with Gasteiger partial charge in [0.05, 0.1) is 0 Å². The molecule has 0 N–H and O–H groups in total. The second-order valence-electron chi connectivity index (χ2n) is 8.93. The Balaban J connectivity index is 1.20. The summed E-state index contributed by atoms with van der Waals surface area (Å²) >= 11 is 0. The molecule has 1 saturated heterocycles. The summed E-state index contributed by atoms with van der Waals surface area (Å²) in [6.07, 6.45) is 7.78. The lowest BCUT2D eigenvalue weighted by Crippen LogP contribution is -2.33. The van der Waals surface area contributed by atoms with E-state index in [1.807, 2.05) is 12.4 Å². The zero-order chi connectivity index (χ0) is 21.6. The predicted octanol–water partition coefficient (Wildman–Crippen LogP) is 6.87. The molecule has 1 aliphatic heterocycles. The summed E-state index contributed by atoms with van der Waals surface area (Å²) in [5.41, 5.74) is 7.69. The quantitative estimate of drug-likeness (QED) is 0.340. The molecule has 32 heavy (non-hydrogen) atoms. The smallest absolute Gasteiger partial charge is 0.0346 e. The Hall–Kier alpha value is -3.23. The Morgan fingerprint density at radius 3 is 1.91 bits per heavy atom. The standard InChI is InChI=1S/C30H30N2/c1-3-7-24(8-4-1)19-25-15-17-32(18-16-25)23-26-20-30(22-31-21-26)29-13-11-28(12-14-29)27-9-5-2-6-10-27/h1-14,20-22,25H,15-19,23H2. The van der Waals surface area contributed by atoms with Gasteiger partial charge in [-0.3, -0.25) is 9.88 Å². The van der Waals surface area contributed by atoms with Gasteiger partial charge in [-0.05, 0) is 72.2 Å². The van der Waals surface area contributed by atoms with Crippen LogP contribution in [0.2, 0.25) is 0 Å². The van der Waals surface area contributed by atoms with Gasteiger partial charge in [0.1, 0.15) is 0 Å². The largest absolute Gasteiger partial charge is 0.299 e. The molecule has 3 aromatic carbocycles. The third kappa shape index (κ3) is 5.15. The van der Waals surface area contributed by atoms with Crippen LogP contribution in [-0.2, 0) is 13.0 Å². The van der Waals surface area contributed by atoms with E-state index < -0.39 is 0 Å². The third-order valence-corrected chi connectivity index (χ3v) is 6.60. The Kier molecular flexibility index (Phi) is 6.41. The van der Waals surface area contributed by atoms with Crippen LogP contribution in [0.15, 0.2) is 103 Å². The lowest BCUT2D eigenvalue weighted by atomic mass is 9.90. The van der Waals surface area contributed by atoms with Crippen molar-refractivity contribution in [3.63, 3.8) is 0 Å². The summed E-state index contributed by atoms with van der Waals surface area (Å²) in [4.78, 5) is 7.14. The summed E-state index contributed by atoms with van der Waals surface area (Å²) in [6, 6.07) is 32.6. The molecule has 160 valence electrons.